The van der Waals surface area contributed by atoms with E-state index in [0.717, 1.165) is 59.6 Å². The molecule has 5 nitrogen and oxygen atoms in total. The van der Waals surface area contributed by atoms with Crippen molar-refractivity contribution in [2.75, 3.05) is 31.1 Å². The number of para-hydroxylation sites is 1. The molecule has 0 aliphatic carbocycles. The maximum Gasteiger partial charge on any atom is 0.265 e. The minimum Gasteiger partial charge on any atom is -0.352 e. The molecule has 1 fully saturated rings. The van der Waals surface area contributed by atoms with Crippen molar-refractivity contribution >= 4 is 46.9 Å². The van der Waals surface area contributed by atoms with E-state index in [9.17, 15) is 9.59 Å². The molecule has 2 amide bonds. The van der Waals surface area contributed by atoms with E-state index in [1.54, 1.807) is 4.90 Å². The summed E-state index contributed by atoms with van der Waals surface area (Å²) in [7, 11) is 0. The number of thioether (sulfide) groups is 1. The first-order chi connectivity index (χ1) is 19.4. The van der Waals surface area contributed by atoms with E-state index in [0.29, 0.717) is 28.6 Å². The van der Waals surface area contributed by atoms with Crippen molar-refractivity contribution in [3.05, 3.63) is 99.4 Å². The van der Waals surface area contributed by atoms with Crippen LogP contribution < -0.4 is 10.2 Å². The van der Waals surface area contributed by atoms with E-state index in [1.807, 2.05) is 78.9 Å². The highest BCUT2D eigenvalue weighted by Gasteiger charge is 2.29. The number of benzene rings is 3. The van der Waals surface area contributed by atoms with Crippen LogP contribution in [0.1, 0.15) is 48.2 Å². The molecule has 208 valence electrons. The molecular formula is C33H36ClN3O2S. The number of piperidine rings is 1. The van der Waals surface area contributed by atoms with E-state index in [4.69, 9.17) is 11.6 Å². The van der Waals surface area contributed by atoms with Crippen LogP contribution in [0.3, 0.4) is 0 Å². The van der Waals surface area contributed by atoms with Crippen molar-refractivity contribution in [2.24, 2.45) is 11.8 Å². The van der Waals surface area contributed by atoms with E-state index in [2.05, 4.69) is 24.1 Å². The standard InChI is InChI=1S/C33H36ClN3O2S/c1-23-17-24(2)21-36(20-23)16-6-15-35-32(38)27-13-11-25(12-14-27)19-31-33(39)37(22-26-7-5-8-28(34)18-26)29-9-3-4-10-30(29)40-31/h3-5,7-14,18-19,23-24H,6,15-17,20-22H2,1-2H3,(H,35,38)/b31-19+/t23-,24-/m1/s1. The third-order valence-electron chi connectivity index (χ3n) is 7.41. The molecule has 0 spiro atoms. The van der Waals surface area contributed by atoms with Gasteiger partial charge in [0.15, 0.2) is 0 Å². The lowest BCUT2D eigenvalue weighted by atomic mass is 9.92. The van der Waals surface area contributed by atoms with Gasteiger partial charge in [0.05, 0.1) is 17.1 Å². The zero-order valence-electron chi connectivity index (χ0n) is 23.1. The number of anilines is 1. The van der Waals surface area contributed by atoms with Crippen LogP contribution in [0, 0.1) is 11.8 Å². The van der Waals surface area contributed by atoms with Crippen LogP contribution >= 0.6 is 23.4 Å². The Bertz CT molecular complexity index is 1380. The lowest BCUT2D eigenvalue weighted by Gasteiger charge is -2.34. The maximum absolute atomic E-state index is 13.6. The van der Waals surface area contributed by atoms with Crippen molar-refractivity contribution in [1.29, 1.82) is 0 Å². The summed E-state index contributed by atoms with van der Waals surface area (Å²) in [5.74, 6) is 1.37. The number of fused-ring (bicyclic) bond motifs is 1. The quantitative estimate of drug-likeness (QED) is 0.230. The second kappa shape index (κ2) is 13.1. The second-order valence-corrected chi connectivity index (χ2v) is 12.6. The zero-order valence-corrected chi connectivity index (χ0v) is 24.7. The number of carbonyl (C=O) groups excluding carboxylic acids is 2. The Morgan fingerprint density at radius 2 is 1.77 bits per heavy atom. The van der Waals surface area contributed by atoms with Gasteiger partial charge in [-0.15, -0.1) is 0 Å². The van der Waals surface area contributed by atoms with E-state index in [1.165, 1.54) is 18.2 Å². The summed E-state index contributed by atoms with van der Waals surface area (Å²) >= 11 is 7.67. The number of halogens is 1. The molecule has 0 aromatic heterocycles. The van der Waals surface area contributed by atoms with Crippen molar-refractivity contribution in [1.82, 2.24) is 10.2 Å². The lowest BCUT2D eigenvalue weighted by molar-refractivity contribution is -0.114. The fourth-order valence-corrected chi connectivity index (χ4v) is 6.97. The molecule has 1 saturated heterocycles. The number of amides is 2. The number of nitrogens with one attached hydrogen (secondary N) is 1. The molecule has 2 aliphatic heterocycles. The fraction of sp³-hybridized carbons (Fsp3) is 0.333. The Kier molecular flexibility index (Phi) is 9.30. The van der Waals surface area contributed by atoms with Crippen LogP contribution in [-0.4, -0.2) is 42.9 Å². The van der Waals surface area contributed by atoms with Crippen molar-refractivity contribution in [3.63, 3.8) is 0 Å². The minimum absolute atomic E-state index is 0.0528. The Labute approximate surface area is 246 Å². The third kappa shape index (κ3) is 7.17. The summed E-state index contributed by atoms with van der Waals surface area (Å²) in [6.07, 6.45) is 4.15. The largest absolute Gasteiger partial charge is 0.352 e. The Morgan fingerprint density at radius 3 is 2.52 bits per heavy atom. The van der Waals surface area contributed by atoms with Gasteiger partial charge in [0.25, 0.3) is 11.8 Å². The van der Waals surface area contributed by atoms with Crippen molar-refractivity contribution in [2.45, 2.75) is 38.1 Å². The smallest absolute Gasteiger partial charge is 0.265 e. The van der Waals surface area contributed by atoms with Crippen LogP contribution in [0.2, 0.25) is 5.02 Å². The lowest BCUT2D eigenvalue weighted by Crippen LogP contribution is -2.40. The first-order valence-corrected chi connectivity index (χ1v) is 15.2. The van der Waals surface area contributed by atoms with Crippen LogP contribution in [-0.2, 0) is 11.3 Å². The third-order valence-corrected chi connectivity index (χ3v) is 8.73. The normalized spacial score (nSPS) is 20.4. The molecule has 5 rings (SSSR count). The molecule has 3 aromatic rings. The molecule has 0 radical (unpaired) electrons. The fourth-order valence-electron chi connectivity index (χ4n) is 5.70. The first-order valence-electron chi connectivity index (χ1n) is 14.0. The first kappa shape index (κ1) is 28.5. The SMILES string of the molecule is C[C@@H]1C[C@@H](C)CN(CCCNC(=O)c2ccc(/C=C3/Sc4ccccc4N(Cc4cccc(Cl)c4)C3=O)cc2)C1. The highest BCUT2D eigenvalue weighted by molar-refractivity contribution is 8.04. The molecular weight excluding hydrogens is 538 g/mol. The average Bonchev–Trinajstić information content (AvgIpc) is 2.93. The van der Waals surface area contributed by atoms with Gasteiger partial charge in [-0.05, 0) is 84.8 Å². The highest BCUT2D eigenvalue weighted by Crippen LogP contribution is 2.42. The molecule has 0 bridgehead atoms. The van der Waals surface area contributed by atoms with Gasteiger partial charge in [-0.25, -0.2) is 0 Å². The molecule has 7 heteroatoms. The van der Waals surface area contributed by atoms with Crippen molar-refractivity contribution in [3.8, 4) is 0 Å². The van der Waals surface area contributed by atoms with E-state index >= 15 is 0 Å². The number of likely N-dealkylation sites (tertiary alicyclic amines) is 1. The summed E-state index contributed by atoms with van der Waals surface area (Å²) < 4.78 is 0. The predicted octanol–water partition coefficient (Wildman–Crippen LogP) is 7.12. The summed E-state index contributed by atoms with van der Waals surface area (Å²) in [5, 5.41) is 3.71. The van der Waals surface area contributed by atoms with Gasteiger partial charge >= 0.3 is 0 Å². The molecule has 1 N–H and O–H groups in total. The van der Waals surface area contributed by atoms with Crippen LogP contribution in [0.25, 0.3) is 6.08 Å². The topological polar surface area (TPSA) is 52.7 Å². The van der Waals surface area contributed by atoms with Crippen LogP contribution in [0.4, 0.5) is 5.69 Å². The number of rotatable bonds is 8. The van der Waals surface area contributed by atoms with Gasteiger partial charge in [-0.1, -0.05) is 73.6 Å². The number of carbonyl (C=O) groups is 2. The number of nitrogens with zero attached hydrogens (tertiary/aromatic N) is 2. The van der Waals surface area contributed by atoms with Gasteiger partial charge < -0.3 is 15.1 Å². The Balaban J connectivity index is 1.21. The molecule has 3 aromatic carbocycles. The molecule has 0 unspecified atom stereocenters. The molecule has 2 aliphatic rings. The van der Waals surface area contributed by atoms with Crippen LogP contribution in [0.5, 0.6) is 0 Å². The minimum atomic E-state index is -0.0654. The second-order valence-electron chi connectivity index (χ2n) is 11.0. The summed E-state index contributed by atoms with van der Waals surface area (Å²) in [5.41, 5.74) is 3.36. The summed E-state index contributed by atoms with van der Waals surface area (Å²) in [4.78, 5) is 32.3. The van der Waals surface area contributed by atoms with Crippen molar-refractivity contribution < 1.29 is 9.59 Å². The molecule has 0 saturated carbocycles. The summed E-state index contributed by atoms with van der Waals surface area (Å²) in [6.45, 7) is 9.07. The molecule has 2 atom stereocenters. The van der Waals surface area contributed by atoms with Gasteiger partial charge in [-0.3, -0.25) is 9.59 Å². The Morgan fingerprint density at radius 1 is 1.02 bits per heavy atom. The van der Waals surface area contributed by atoms with Gasteiger partial charge in [0.2, 0.25) is 0 Å². The predicted molar refractivity (Wildman–Crippen MR) is 166 cm³/mol. The van der Waals surface area contributed by atoms with E-state index in [-0.39, 0.29) is 11.8 Å². The number of hydrogen-bond donors (Lipinski definition) is 1. The van der Waals surface area contributed by atoms with E-state index < -0.39 is 0 Å². The Hall–Kier alpha value is -3.06. The van der Waals surface area contributed by atoms with Gasteiger partial charge in [0, 0.05) is 35.1 Å². The number of hydrogen-bond acceptors (Lipinski definition) is 4. The van der Waals surface area contributed by atoms with Gasteiger partial charge in [0.1, 0.15) is 0 Å². The zero-order chi connectivity index (χ0) is 28.1. The monoisotopic (exact) mass is 573 g/mol. The maximum atomic E-state index is 13.6. The summed E-state index contributed by atoms with van der Waals surface area (Å²) in [6, 6.07) is 23.0. The molecule has 2 heterocycles. The van der Waals surface area contributed by atoms with Gasteiger partial charge in [-0.2, -0.15) is 0 Å². The highest BCUT2D eigenvalue weighted by atomic mass is 35.5. The molecule has 40 heavy (non-hydrogen) atoms. The average molecular weight is 574 g/mol. The van der Waals surface area contributed by atoms with Crippen LogP contribution in [0.15, 0.2) is 82.6 Å².